The quantitative estimate of drug-likeness (QED) is 0.564. The molecule has 1 N–H and O–H groups in total. The summed E-state index contributed by atoms with van der Waals surface area (Å²) in [6.07, 6.45) is 0. The van der Waals surface area contributed by atoms with Gasteiger partial charge in [0.05, 0.1) is 20.3 Å². The zero-order valence-corrected chi connectivity index (χ0v) is 15.1. The fourth-order valence-corrected chi connectivity index (χ4v) is 2.65. The molecule has 26 heavy (non-hydrogen) atoms. The molecule has 5 amide bonds. The number of urea groups is 1. The monoisotopic (exact) mass is 363 g/mol. The van der Waals surface area contributed by atoms with Crippen LogP contribution in [0.5, 0.6) is 11.5 Å². The number of imide groups is 2. The highest BCUT2D eigenvalue weighted by Gasteiger charge is 2.44. The number of carbonyl (C=O) groups excluding carboxylic acids is 4. The average molecular weight is 363 g/mol. The molecule has 9 heteroatoms. The largest absolute Gasteiger partial charge is 0.497 e. The molecule has 0 aromatic heterocycles. The maximum atomic E-state index is 12.3. The van der Waals surface area contributed by atoms with Gasteiger partial charge in [0, 0.05) is 12.1 Å². The number of likely N-dealkylation sites (N-methyl/N-ethyl adjacent to an activating group) is 1. The Hall–Kier alpha value is -3.10. The van der Waals surface area contributed by atoms with E-state index in [0.717, 1.165) is 4.90 Å². The second kappa shape index (κ2) is 7.85. The lowest BCUT2D eigenvalue weighted by atomic mass is 10.1. The minimum atomic E-state index is -1.00. The number of methoxy groups -OCH3 is 2. The molecule has 0 unspecified atom stereocenters. The van der Waals surface area contributed by atoms with Crippen molar-refractivity contribution in [1.29, 1.82) is 0 Å². The highest BCUT2D eigenvalue weighted by molar-refractivity contribution is 6.45. The molecule has 0 spiro atoms. The van der Waals surface area contributed by atoms with E-state index in [9.17, 15) is 19.2 Å². The van der Waals surface area contributed by atoms with Gasteiger partial charge in [-0.25, -0.2) is 9.69 Å². The Labute approximate surface area is 150 Å². The Morgan fingerprint density at radius 3 is 2.31 bits per heavy atom. The summed E-state index contributed by atoms with van der Waals surface area (Å²) in [4.78, 5) is 49.3. The first-order valence-electron chi connectivity index (χ1n) is 8.02. The summed E-state index contributed by atoms with van der Waals surface area (Å²) < 4.78 is 10.5. The third-order valence-corrected chi connectivity index (χ3v) is 4.03. The zero-order chi connectivity index (χ0) is 19.4. The number of hydrogen-bond donors (Lipinski definition) is 1. The molecular formula is C17H21N3O6. The van der Waals surface area contributed by atoms with E-state index in [2.05, 4.69) is 5.32 Å². The van der Waals surface area contributed by atoms with Crippen LogP contribution in [-0.2, 0) is 14.4 Å². The van der Waals surface area contributed by atoms with E-state index in [4.69, 9.17) is 9.47 Å². The van der Waals surface area contributed by atoms with Gasteiger partial charge in [-0.3, -0.25) is 19.3 Å². The van der Waals surface area contributed by atoms with Crippen LogP contribution in [0.15, 0.2) is 18.2 Å². The van der Waals surface area contributed by atoms with Crippen molar-refractivity contribution in [3.63, 3.8) is 0 Å². The van der Waals surface area contributed by atoms with Gasteiger partial charge in [0.2, 0.25) is 5.91 Å². The van der Waals surface area contributed by atoms with Gasteiger partial charge in [-0.2, -0.15) is 0 Å². The van der Waals surface area contributed by atoms with Gasteiger partial charge in [-0.15, -0.1) is 0 Å². The smallest absolute Gasteiger partial charge is 0.334 e. The SMILES string of the molecule is CCN1C(=O)C(=O)N(CC(=O)N[C@@H](C)c2cc(OC)ccc2OC)C1=O. The van der Waals surface area contributed by atoms with E-state index >= 15 is 0 Å². The van der Waals surface area contributed by atoms with E-state index < -0.39 is 36.3 Å². The van der Waals surface area contributed by atoms with Crippen LogP contribution in [0.2, 0.25) is 0 Å². The van der Waals surface area contributed by atoms with Gasteiger partial charge in [0.1, 0.15) is 18.0 Å². The Morgan fingerprint density at radius 2 is 1.77 bits per heavy atom. The van der Waals surface area contributed by atoms with Crippen molar-refractivity contribution in [3.05, 3.63) is 23.8 Å². The van der Waals surface area contributed by atoms with E-state index in [1.54, 1.807) is 32.0 Å². The third-order valence-electron chi connectivity index (χ3n) is 4.03. The lowest BCUT2D eigenvalue weighted by Gasteiger charge is -2.20. The molecule has 1 aliphatic rings. The molecule has 1 aromatic rings. The van der Waals surface area contributed by atoms with E-state index in [0.29, 0.717) is 22.0 Å². The predicted molar refractivity (Wildman–Crippen MR) is 90.6 cm³/mol. The van der Waals surface area contributed by atoms with E-state index in [1.165, 1.54) is 14.2 Å². The molecule has 0 saturated carbocycles. The highest BCUT2D eigenvalue weighted by atomic mass is 16.5. The number of rotatable bonds is 7. The highest BCUT2D eigenvalue weighted by Crippen LogP contribution is 2.29. The van der Waals surface area contributed by atoms with Crippen molar-refractivity contribution in [3.8, 4) is 11.5 Å². The molecule has 1 aromatic carbocycles. The number of amides is 5. The van der Waals surface area contributed by atoms with Crippen molar-refractivity contribution >= 4 is 23.8 Å². The molecule has 1 aliphatic heterocycles. The van der Waals surface area contributed by atoms with Gasteiger partial charge in [-0.1, -0.05) is 0 Å². The summed E-state index contributed by atoms with van der Waals surface area (Å²) >= 11 is 0. The van der Waals surface area contributed by atoms with Gasteiger partial charge >= 0.3 is 17.8 Å². The first kappa shape index (κ1) is 19.2. The van der Waals surface area contributed by atoms with Crippen LogP contribution in [0.25, 0.3) is 0 Å². The maximum Gasteiger partial charge on any atom is 0.334 e. The average Bonchev–Trinajstić information content (AvgIpc) is 2.83. The molecule has 1 saturated heterocycles. The Kier molecular flexibility index (Phi) is 5.81. The Morgan fingerprint density at radius 1 is 1.12 bits per heavy atom. The number of benzene rings is 1. The molecular weight excluding hydrogens is 342 g/mol. The molecule has 0 radical (unpaired) electrons. The van der Waals surface area contributed by atoms with Crippen molar-refractivity contribution < 1.29 is 28.7 Å². The van der Waals surface area contributed by atoms with Crippen molar-refractivity contribution in [2.24, 2.45) is 0 Å². The first-order chi connectivity index (χ1) is 12.3. The summed E-state index contributed by atoms with van der Waals surface area (Å²) in [5.41, 5.74) is 0.672. The topological polar surface area (TPSA) is 105 Å². The zero-order valence-electron chi connectivity index (χ0n) is 15.1. The van der Waals surface area contributed by atoms with Gasteiger partial charge < -0.3 is 14.8 Å². The number of carbonyl (C=O) groups is 4. The number of nitrogens with one attached hydrogen (secondary N) is 1. The maximum absolute atomic E-state index is 12.3. The van der Waals surface area contributed by atoms with Crippen LogP contribution >= 0.6 is 0 Å². The lowest BCUT2D eigenvalue weighted by molar-refractivity contribution is -0.144. The number of hydrogen-bond acceptors (Lipinski definition) is 6. The fraction of sp³-hybridized carbons (Fsp3) is 0.412. The standard InChI is InChI=1S/C17H21N3O6/c1-5-19-15(22)16(23)20(17(19)24)9-14(21)18-10(2)12-8-11(25-3)6-7-13(12)26-4/h6-8,10H,5,9H2,1-4H3,(H,18,21)/t10-/m0/s1. The fourth-order valence-electron chi connectivity index (χ4n) is 2.65. The summed E-state index contributed by atoms with van der Waals surface area (Å²) in [7, 11) is 3.03. The molecule has 9 nitrogen and oxygen atoms in total. The van der Waals surface area contributed by atoms with Crippen molar-refractivity contribution in [1.82, 2.24) is 15.1 Å². The van der Waals surface area contributed by atoms with Crippen molar-refractivity contribution in [2.75, 3.05) is 27.3 Å². The number of ether oxygens (including phenoxy) is 2. The molecule has 1 fully saturated rings. The van der Waals surface area contributed by atoms with Gasteiger partial charge in [0.25, 0.3) is 0 Å². The Balaban J connectivity index is 2.10. The normalized spacial score (nSPS) is 15.3. The van der Waals surface area contributed by atoms with Crippen LogP contribution in [0, 0.1) is 0 Å². The van der Waals surface area contributed by atoms with Crippen LogP contribution in [0.3, 0.4) is 0 Å². The molecule has 1 atom stereocenters. The minimum absolute atomic E-state index is 0.0684. The van der Waals surface area contributed by atoms with Crippen LogP contribution in [0.4, 0.5) is 4.79 Å². The minimum Gasteiger partial charge on any atom is -0.497 e. The molecule has 1 heterocycles. The lowest BCUT2D eigenvalue weighted by Crippen LogP contribution is -2.42. The van der Waals surface area contributed by atoms with Crippen LogP contribution in [-0.4, -0.2) is 60.9 Å². The Bertz CT molecular complexity index is 748. The summed E-state index contributed by atoms with van der Waals surface area (Å²) in [5, 5.41) is 2.69. The predicted octanol–water partition coefficient (Wildman–Crippen LogP) is 0.692. The third kappa shape index (κ3) is 3.61. The summed E-state index contributed by atoms with van der Waals surface area (Å²) in [6, 6.07) is 3.90. The van der Waals surface area contributed by atoms with Gasteiger partial charge in [0.15, 0.2) is 0 Å². The second-order valence-electron chi connectivity index (χ2n) is 5.62. The van der Waals surface area contributed by atoms with Gasteiger partial charge in [-0.05, 0) is 32.0 Å². The first-order valence-corrected chi connectivity index (χ1v) is 8.02. The number of nitrogens with zero attached hydrogens (tertiary/aromatic N) is 2. The van der Waals surface area contributed by atoms with E-state index in [1.807, 2.05) is 0 Å². The van der Waals surface area contributed by atoms with E-state index in [-0.39, 0.29) is 6.54 Å². The molecule has 2 rings (SSSR count). The summed E-state index contributed by atoms with van der Waals surface area (Å²) in [5.74, 6) is -1.35. The van der Waals surface area contributed by atoms with Crippen LogP contribution in [0.1, 0.15) is 25.5 Å². The molecule has 140 valence electrons. The molecule has 0 aliphatic carbocycles. The summed E-state index contributed by atoms with van der Waals surface area (Å²) in [6.45, 7) is 2.84. The van der Waals surface area contributed by atoms with Crippen LogP contribution < -0.4 is 14.8 Å². The van der Waals surface area contributed by atoms with Crippen molar-refractivity contribution in [2.45, 2.75) is 19.9 Å². The second-order valence-corrected chi connectivity index (χ2v) is 5.62. The molecule has 0 bridgehead atoms.